The molecule has 0 amide bonds. The summed E-state index contributed by atoms with van der Waals surface area (Å²) in [6.07, 6.45) is 1.29. The van der Waals surface area contributed by atoms with Gasteiger partial charge in [-0.05, 0) is 19.1 Å². The molecule has 1 heterocycles. The Kier molecular flexibility index (Phi) is 4.19. The fraction of sp³-hybridized carbons (Fsp3) is 0.556. The summed E-state index contributed by atoms with van der Waals surface area (Å²) in [7, 11) is 1.43. The first-order valence-corrected chi connectivity index (χ1v) is 4.96. The van der Waals surface area contributed by atoms with E-state index >= 15 is 0 Å². The molecule has 0 aliphatic heterocycles. The van der Waals surface area contributed by atoms with Crippen molar-refractivity contribution in [1.82, 2.24) is 9.55 Å². The molecule has 0 radical (unpaired) electrons. The highest BCUT2D eigenvalue weighted by Crippen LogP contribution is 1.98. The molecule has 0 spiro atoms. The molecule has 1 aromatic heterocycles. The number of nitrogens with zero attached hydrogens (tertiary/aromatic N) is 1. The average Bonchev–Trinajstić information content (AvgIpc) is 2.21. The lowest BCUT2D eigenvalue weighted by Crippen LogP contribution is -2.18. The molecule has 2 N–H and O–H groups in total. The van der Waals surface area contributed by atoms with Crippen LogP contribution in [0.25, 0.3) is 0 Å². The van der Waals surface area contributed by atoms with Gasteiger partial charge in [0.05, 0.1) is 0 Å². The van der Waals surface area contributed by atoms with E-state index in [-0.39, 0.29) is 5.56 Å². The minimum Gasteiger partial charge on any atom is -0.368 e. The van der Waals surface area contributed by atoms with E-state index < -0.39 is 6.29 Å². The van der Waals surface area contributed by atoms with Crippen LogP contribution in [0.4, 0.5) is 0 Å². The van der Waals surface area contributed by atoms with E-state index in [1.54, 1.807) is 17.7 Å². The van der Waals surface area contributed by atoms with Gasteiger partial charge >= 0.3 is 0 Å². The molecular formula is C9H14N2O3S. The molecule has 1 atom stereocenters. The summed E-state index contributed by atoms with van der Waals surface area (Å²) in [5.41, 5.74) is 0.416. The molecule has 5 nitrogen and oxygen atoms in total. The van der Waals surface area contributed by atoms with E-state index in [1.165, 1.54) is 7.11 Å². The Balaban J connectivity index is 2.82. The first-order valence-electron chi connectivity index (χ1n) is 4.56. The zero-order valence-electron chi connectivity index (χ0n) is 8.69. The van der Waals surface area contributed by atoms with Crippen molar-refractivity contribution in [3.05, 3.63) is 26.9 Å². The number of hydrogen-bond donors (Lipinski definition) is 2. The van der Waals surface area contributed by atoms with Gasteiger partial charge in [0.2, 0.25) is 0 Å². The van der Waals surface area contributed by atoms with Crippen molar-refractivity contribution in [3.63, 3.8) is 0 Å². The fourth-order valence-electron chi connectivity index (χ4n) is 1.15. The fourth-order valence-corrected chi connectivity index (χ4v) is 1.39. The molecule has 1 rings (SSSR count). The number of aromatic nitrogens is 2. The molecule has 6 heteroatoms. The van der Waals surface area contributed by atoms with Crippen molar-refractivity contribution in [2.24, 2.45) is 0 Å². The molecule has 1 aromatic rings. The quantitative estimate of drug-likeness (QED) is 0.586. The zero-order valence-corrected chi connectivity index (χ0v) is 9.50. The van der Waals surface area contributed by atoms with Crippen LogP contribution in [0.2, 0.25) is 0 Å². The highest BCUT2D eigenvalue weighted by Gasteiger charge is 2.03. The molecule has 84 valence electrons. The molecule has 0 unspecified atom stereocenters. The number of aromatic amines is 1. The van der Waals surface area contributed by atoms with Gasteiger partial charge in [-0.25, -0.2) is 0 Å². The lowest BCUT2D eigenvalue weighted by molar-refractivity contribution is -0.0803. The summed E-state index contributed by atoms with van der Waals surface area (Å²) in [5, 5.41) is 9.19. The Bertz CT molecular complexity index is 438. The second-order valence-electron chi connectivity index (χ2n) is 3.24. The normalized spacial score (nSPS) is 12.7. The molecule has 0 saturated heterocycles. The summed E-state index contributed by atoms with van der Waals surface area (Å²) in [4.78, 5) is 13.7. The Morgan fingerprint density at radius 2 is 2.40 bits per heavy atom. The minimum atomic E-state index is -0.806. The van der Waals surface area contributed by atoms with E-state index in [2.05, 4.69) is 4.98 Å². The average molecular weight is 230 g/mol. The summed E-state index contributed by atoms with van der Waals surface area (Å²) < 4.78 is 6.76. The van der Waals surface area contributed by atoms with Crippen LogP contribution in [-0.4, -0.2) is 28.1 Å². The van der Waals surface area contributed by atoms with Crippen molar-refractivity contribution in [2.75, 3.05) is 7.11 Å². The predicted octanol–water partition coefficient (Wildman–Crippen LogP) is 0.569. The van der Waals surface area contributed by atoms with E-state index in [9.17, 15) is 9.90 Å². The number of methoxy groups -OCH3 is 1. The van der Waals surface area contributed by atoms with Gasteiger partial charge in [0.15, 0.2) is 11.1 Å². The molecular weight excluding hydrogens is 216 g/mol. The highest BCUT2D eigenvalue weighted by molar-refractivity contribution is 7.71. The third-order valence-electron chi connectivity index (χ3n) is 2.08. The van der Waals surface area contributed by atoms with Crippen LogP contribution >= 0.6 is 12.2 Å². The SMILES string of the molecule is CO[C@H](O)CCn1cc(C)c(=O)[nH]c1=S. The molecule has 0 aromatic carbocycles. The number of aryl methyl sites for hydroxylation is 2. The van der Waals surface area contributed by atoms with E-state index in [4.69, 9.17) is 17.0 Å². The van der Waals surface area contributed by atoms with Crippen LogP contribution in [0.3, 0.4) is 0 Å². The molecule has 15 heavy (non-hydrogen) atoms. The lowest BCUT2D eigenvalue weighted by Gasteiger charge is -2.10. The van der Waals surface area contributed by atoms with Crippen LogP contribution in [-0.2, 0) is 11.3 Å². The van der Waals surface area contributed by atoms with Gasteiger partial charge in [-0.1, -0.05) is 0 Å². The third-order valence-corrected chi connectivity index (χ3v) is 2.41. The van der Waals surface area contributed by atoms with Crippen LogP contribution in [0, 0.1) is 11.7 Å². The third kappa shape index (κ3) is 3.26. The maximum Gasteiger partial charge on any atom is 0.254 e. The number of hydrogen-bond acceptors (Lipinski definition) is 4. The van der Waals surface area contributed by atoms with Crippen molar-refractivity contribution in [3.8, 4) is 0 Å². The summed E-state index contributed by atoms with van der Waals surface area (Å²) >= 11 is 4.97. The molecule has 0 fully saturated rings. The number of ether oxygens (including phenoxy) is 1. The molecule has 0 saturated carbocycles. The van der Waals surface area contributed by atoms with Gasteiger partial charge in [0, 0.05) is 31.8 Å². The maximum atomic E-state index is 11.2. The van der Waals surface area contributed by atoms with Gasteiger partial charge in [0.1, 0.15) is 0 Å². The van der Waals surface area contributed by atoms with Crippen LogP contribution < -0.4 is 5.56 Å². The standard InChI is InChI=1S/C9H14N2O3S/c1-6-5-11(4-3-7(12)14-2)9(15)10-8(6)13/h5,7,12H,3-4H2,1-2H3,(H,10,13,15)/t7-/m0/s1. The van der Waals surface area contributed by atoms with Crippen molar-refractivity contribution in [2.45, 2.75) is 26.2 Å². The smallest absolute Gasteiger partial charge is 0.254 e. The number of aliphatic hydroxyl groups is 1. The minimum absolute atomic E-state index is 0.177. The second kappa shape index (κ2) is 5.20. The van der Waals surface area contributed by atoms with Crippen molar-refractivity contribution < 1.29 is 9.84 Å². The summed E-state index contributed by atoms with van der Waals surface area (Å²) in [6, 6.07) is 0. The monoisotopic (exact) mass is 230 g/mol. The van der Waals surface area contributed by atoms with Gasteiger partial charge in [-0.3, -0.25) is 9.78 Å². The van der Waals surface area contributed by atoms with Gasteiger partial charge in [0.25, 0.3) is 5.56 Å². The highest BCUT2D eigenvalue weighted by atomic mass is 32.1. The molecule has 0 aliphatic rings. The number of H-pyrrole nitrogens is 1. The van der Waals surface area contributed by atoms with Gasteiger partial charge < -0.3 is 14.4 Å². The number of nitrogens with one attached hydrogen (secondary N) is 1. The van der Waals surface area contributed by atoms with Gasteiger partial charge in [-0.2, -0.15) is 0 Å². The predicted molar refractivity (Wildman–Crippen MR) is 58.3 cm³/mol. The Labute approximate surface area is 92.3 Å². The van der Waals surface area contributed by atoms with Gasteiger partial charge in [-0.15, -0.1) is 0 Å². The van der Waals surface area contributed by atoms with E-state index in [1.807, 2.05) is 0 Å². The Morgan fingerprint density at radius 1 is 1.73 bits per heavy atom. The first-order chi connectivity index (χ1) is 7.04. The number of aliphatic hydroxyl groups excluding tert-OH is 1. The summed E-state index contributed by atoms with van der Waals surface area (Å²) in [6.45, 7) is 2.21. The summed E-state index contributed by atoms with van der Waals surface area (Å²) in [5.74, 6) is 0. The first kappa shape index (κ1) is 12.1. The van der Waals surface area contributed by atoms with Crippen LogP contribution in [0.5, 0.6) is 0 Å². The Hall–Kier alpha value is -0.980. The molecule has 0 aliphatic carbocycles. The maximum absolute atomic E-state index is 11.2. The van der Waals surface area contributed by atoms with Crippen molar-refractivity contribution >= 4 is 12.2 Å². The lowest BCUT2D eigenvalue weighted by atomic mass is 10.3. The zero-order chi connectivity index (χ0) is 11.4. The van der Waals surface area contributed by atoms with Crippen LogP contribution in [0.15, 0.2) is 11.0 Å². The number of rotatable bonds is 4. The van der Waals surface area contributed by atoms with E-state index in [0.29, 0.717) is 23.3 Å². The second-order valence-corrected chi connectivity index (χ2v) is 3.63. The largest absolute Gasteiger partial charge is 0.368 e. The van der Waals surface area contributed by atoms with E-state index in [0.717, 1.165) is 0 Å². The topological polar surface area (TPSA) is 67.2 Å². The van der Waals surface area contributed by atoms with Crippen LogP contribution in [0.1, 0.15) is 12.0 Å². The Morgan fingerprint density at radius 3 is 3.00 bits per heavy atom. The van der Waals surface area contributed by atoms with Crippen molar-refractivity contribution in [1.29, 1.82) is 0 Å². The molecule has 0 bridgehead atoms.